The largest absolute Gasteiger partial charge is 0.494 e. The number of benzene rings is 3. The third-order valence-electron chi connectivity index (χ3n) is 5.51. The summed E-state index contributed by atoms with van der Waals surface area (Å²) in [6.45, 7) is 7.38. The molecule has 3 rings (SSSR count). The highest BCUT2D eigenvalue weighted by Gasteiger charge is 2.18. The normalized spacial score (nSPS) is 11.1. The number of hydrogen-bond donors (Lipinski definition) is 1. The fraction of sp³-hybridized carbons (Fsp3) is 0.296. The van der Waals surface area contributed by atoms with Crippen molar-refractivity contribution in [1.82, 2.24) is 5.32 Å². The van der Waals surface area contributed by atoms with Gasteiger partial charge in [0.2, 0.25) is 10.0 Å². The number of nitrogens with zero attached hydrogens (tertiary/aromatic N) is 1. The molecule has 0 saturated carbocycles. The zero-order valence-corrected chi connectivity index (χ0v) is 21.4. The minimum Gasteiger partial charge on any atom is -0.494 e. The Balaban J connectivity index is 1.57. The van der Waals surface area contributed by atoms with E-state index in [9.17, 15) is 13.2 Å². The lowest BCUT2D eigenvalue weighted by Crippen LogP contribution is -2.29. The first kappa shape index (κ1) is 26.1. The van der Waals surface area contributed by atoms with Gasteiger partial charge in [0.25, 0.3) is 5.91 Å². The number of nitrogens with one attached hydrogen (secondary N) is 1. The van der Waals surface area contributed by atoms with Crippen LogP contribution in [0.3, 0.4) is 0 Å². The van der Waals surface area contributed by atoms with E-state index in [-0.39, 0.29) is 12.5 Å². The van der Waals surface area contributed by atoms with E-state index in [2.05, 4.69) is 5.32 Å². The predicted molar refractivity (Wildman–Crippen MR) is 139 cm³/mol. The summed E-state index contributed by atoms with van der Waals surface area (Å²) in [5, 5.41) is 2.84. The molecule has 0 fully saturated rings. The highest BCUT2D eigenvalue weighted by Crippen LogP contribution is 2.24. The topological polar surface area (TPSA) is 84.9 Å². The third kappa shape index (κ3) is 7.48. The van der Waals surface area contributed by atoms with Crippen molar-refractivity contribution in [3.05, 3.63) is 89.0 Å². The average molecular weight is 497 g/mol. The molecule has 3 aromatic carbocycles. The van der Waals surface area contributed by atoms with Crippen LogP contribution in [0.15, 0.2) is 66.7 Å². The molecule has 186 valence electrons. The van der Waals surface area contributed by atoms with E-state index in [4.69, 9.17) is 9.47 Å². The Bertz CT molecular complexity index is 1240. The second kappa shape index (κ2) is 11.8. The molecule has 7 nitrogen and oxygen atoms in total. The lowest BCUT2D eigenvalue weighted by Gasteiger charge is -2.23. The Hall–Kier alpha value is -3.52. The number of amides is 1. The van der Waals surface area contributed by atoms with Crippen LogP contribution in [0.4, 0.5) is 5.69 Å². The van der Waals surface area contributed by atoms with Gasteiger partial charge in [0, 0.05) is 5.56 Å². The molecule has 1 amide bonds. The fourth-order valence-electron chi connectivity index (χ4n) is 3.44. The van der Waals surface area contributed by atoms with Crippen LogP contribution in [0.5, 0.6) is 11.5 Å². The summed E-state index contributed by atoms with van der Waals surface area (Å²) >= 11 is 0. The standard InChI is InChI=1S/C27H32N2O5S/c1-5-33-25-14-11-24(12-15-25)29(35(4,31)32)19-22-7-9-23(10-8-22)27(30)28-16-17-34-26-13-6-20(2)21(3)18-26/h6-15,18H,5,16-17,19H2,1-4H3,(H,28,30). The number of aryl methyl sites for hydroxylation is 2. The molecule has 0 heterocycles. The minimum atomic E-state index is -3.51. The molecule has 0 aliphatic carbocycles. The van der Waals surface area contributed by atoms with Gasteiger partial charge in [-0.3, -0.25) is 9.10 Å². The smallest absolute Gasteiger partial charge is 0.251 e. The molecule has 0 spiro atoms. The van der Waals surface area contributed by atoms with E-state index < -0.39 is 10.0 Å². The molecule has 0 aromatic heterocycles. The predicted octanol–water partition coefficient (Wildman–Crippen LogP) is 4.48. The van der Waals surface area contributed by atoms with E-state index in [1.165, 1.54) is 16.1 Å². The molecule has 0 radical (unpaired) electrons. The maximum absolute atomic E-state index is 12.5. The number of carbonyl (C=O) groups excluding carboxylic acids is 1. The number of ether oxygens (including phenoxy) is 2. The maximum Gasteiger partial charge on any atom is 0.251 e. The fourth-order valence-corrected chi connectivity index (χ4v) is 4.33. The second-order valence-corrected chi connectivity index (χ2v) is 10.2. The van der Waals surface area contributed by atoms with Crippen molar-refractivity contribution in [2.24, 2.45) is 0 Å². The van der Waals surface area contributed by atoms with Gasteiger partial charge in [0.15, 0.2) is 0 Å². The molecular weight excluding hydrogens is 464 g/mol. The first-order valence-electron chi connectivity index (χ1n) is 11.4. The SMILES string of the molecule is CCOc1ccc(N(Cc2ccc(C(=O)NCCOc3ccc(C)c(C)c3)cc2)S(C)(=O)=O)cc1. The molecule has 0 aliphatic rings. The van der Waals surface area contributed by atoms with Crippen molar-refractivity contribution in [2.45, 2.75) is 27.3 Å². The molecule has 8 heteroatoms. The van der Waals surface area contributed by atoms with Crippen molar-refractivity contribution in [2.75, 3.05) is 30.3 Å². The Morgan fingerprint density at radius 1 is 0.886 bits per heavy atom. The molecule has 0 atom stereocenters. The van der Waals surface area contributed by atoms with E-state index in [0.717, 1.165) is 16.9 Å². The molecular formula is C27H32N2O5S. The van der Waals surface area contributed by atoms with Crippen LogP contribution in [-0.2, 0) is 16.6 Å². The van der Waals surface area contributed by atoms with Crippen LogP contribution < -0.4 is 19.1 Å². The van der Waals surface area contributed by atoms with Crippen molar-refractivity contribution < 1.29 is 22.7 Å². The van der Waals surface area contributed by atoms with Gasteiger partial charge in [-0.2, -0.15) is 0 Å². The van der Waals surface area contributed by atoms with Gasteiger partial charge in [-0.1, -0.05) is 18.2 Å². The van der Waals surface area contributed by atoms with E-state index in [1.807, 2.05) is 39.0 Å². The highest BCUT2D eigenvalue weighted by molar-refractivity contribution is 7.92. The summed E-state index contributed by atoms with van der Waals surface area (Å²) in [6, 6.07) is 19.7. The quantitative estimate of drug-likeness (QED) is 0.396. The van der Waals surface area contributed by atoms with E-state index >= 15 is 0 Å². The molecule has 0 bridgehead atoms. The van der Waals surface area contributed by atoms with Crippen LogP contribution in [0.1, 0.15) is 34.0 Å². The monoisotopic (exact) mass is 496 g/mol. The van der Waals surface area contributed by atoms with Crippen LogP contribution >= 0.6 is 0 Å². The summed E-state index contributed by atoms with van der Waals surface area (Å²) in [4.78, 5) is 12.5. The number of sulfonamides is 1. The van der Waals surface area contributed by atoms with Gasteiger partial charge in [-0.15, -0.1) is 0 Å². The summed E-state index contributed by atoms with van der Waals surface area (Å²) < 4.78 is 37.3. The Morgan fingerprint density at radius 2 is 1.54 bits per heavy atom. The number of carbonyl (C=O) groups is 1. The molecule has 0 unspecified atom stereocenters. The molecule has 3 aromatic rings. The van der Waals surface area contributed by atoms with Gasteiger partial charge in [-0.25, -0.2) is 8.42 Å². The third-order valence-corrected chi connectivity index (χ3v) is 6.65. The number of anilines is 1. The Kier molecular flexibility index (Phi) is 8.76. The molecule has 0 aliphatic heterocycles. The van der Waals surface area contributed by atoms with Crippen molar-refractivity contribution in [3.63, 3.8) is 0 Å². The average Bonchev–Trinajstić information content (AvgIpc) is 2.83. The Morgan fingerprint density at radius 3 is 2.14 bits per heavy atom. The van der Waals surface area contributed by atoms with Crippen LogP contribution in [-0.4, -0.2) is 40.3 Å². The van der Waals surface area contributed by atoms with Gasteiger partial charge in [-0.05, 0) is 86.0 Å². The summed E-state index contributed by atoms with van der Waals surface area (Å²) in [6.07, 6.45) is 1.17. The first-order chi connectivity index (χ1) is 16.7. The van der Waals surface area contributed by atoms with Crippen LogP contribution in [0, 0.1) is 13.8 Å². The van der Waals surface area contributed by atoms with Gasteiger partial charge < -0.3 is 14.8 Å². The van der Waals surface area contributed by atoms with Gasteiger partial charge in [0.1, 0.15) is 18.1 Å². The van der Waals surface area contributed by atoms with Gasteiger partial charge >= 0.3 is 0 Å². The minimum absolute atomic E-state index is 0.151. The second-order valence-electron chi connectivity index (χ2n) is 8.24. The van der Waals surface area contributed by atoms with Crippen LogP contribution in [0.2, 0.25) is 0 Å². The summed E-state index contributed by atoms with van der Waals surface area (Å²) in [5.41, 5.74) is 4.16. The van der Waals surface area contributed by atoms with Crippen molar-refractivity contribution in [3.8, 4) is 11.5 Å². The van der Waals surface area contributed by atoms with E-state index in [0.29, 0.717) is 36.8 Å². The highest BCUT2D eigenvalue weighted by atomic mass is 32.2. The summed E-state index contributed by atoms with van der Waals surface area (Å²) in [5.74, 6) is 1.24. The lowest BCUT2D eigenvalue weighted by molar-refractivity contribution is 0.0947. The van der Waals surface area contributed by atoms with Gasteiger partial charge in [0.05, 0.1) is 31.6 Å². The summed E-state index contributed by atoms with van der Waals surface area (Å²) in [7, 11) is -3.51. The number of hydrogen-bond acceptors (Lipinski definition) is 5. The molecule has 0 saturated heterocycles. The molecule has 35 heavy (non-hydrogen) atoms. The number of rotatable bonds is 11. The van der Waals surface area contributed by atoms with Crippen molar-refractivity contribution in [1.29, 1.82) is 0 Å². The zero-order valence-electron chi connectivity index (χ0n) is 20.6. The zero-order chi connectivity index (χ0) is 25.4. The lowest BCUT2D eigenvalue weighted by atomic mass is 10.1. The molecule has 1 N–H and O–H groups in total. The maximum atomic E-state index is 12.5. The first-order valence-corrected chi connectivity index (χ1v) is 13.3. The van der Waals surface area contributed by atoms with Crippen molar-refractivity contribution >= 4 is 21.6 Å². The van der Waals surface area contributed by atoms with E-state index in [1.54, 1.807) is 48.5 Å². The van der Waals surface area contributed by atoms with Crippen LogP contribution in [0.25, 0.3) is 0 Å². The Labute approximate surface area is 207 Å².